The highest BCUT2D eigenvalue weighted by Gasteiger charge is 2.25. The maximum absolute atomic E-state index is 3.48. The van der Waals surface area contributed by atoms with Crippen molar-refractivity contribution in [1.29, 1.82) is 0 Å². The number of anilines is 2. The first-order valence-corrected chi connectivity index (χ1v) is 8.10. The molecule has 0 saturated carbocycles. The van der Waals surface area contributed by atoms with Crippen LogP contribution in [0.4, 0.5) is 11.4 Å². The lowest BCUT2D eigenvalue weighted by atomic mass is 10.0. The molecule has 0 spiro atoms. The molecule has 0 bridgehead atoms. The Kier molecular flexibility index (Phi) is 4.07. The molecule has 23 heavy (non-hydrogen) atoms. The molecular weight excluding hydrogens is 282 g/mol. The van der Waals surface area contributed by atoms with Crippen LogP contribution in [0.5, 0.6) is 0 Å². The lowest BCUT2D eigenvalue weighted by Crippen LogP contribution is -2.40. The standard InChI is InChI=1S/C20H25N3/c1-13-9-15(3)19(16(4)10-13)22-7-8-23(21-22)20-17(5)11-14(2)12-18(20)6/h9-12,21H,7H2,1-6H3. The van der Waals surface area contributed by atoms with E-state index in [1.54, 1.807) is 0 Å². The van der Waals surface area contributed by atoms with Gasteiger partial charge in [0, 0.05) is 0 Å². The van der Waals surface area contributed by atoms with Gasteiger partial charge in [0.1, 0.15) is 6.54 Å². The van der Waals surface area contributed by atoms with Gasteiger partial charge in [-0.15, -0.1) is 5.53 Å². The summed E-state index contributed by atoms with van der Waals surface area (Å²) in [5, 5.41) is 4.20. The molecule has 1 saturated heterocycles. The molecular formula is C20H25N3. The Bertz CT molecular complexity index is 639. The summed E-state index contributed by atoms with van der Waals surface area (Å²) in [6.45, 7) is 17.1. The molecule has 3 nitrogen and oxygen atoms in total. The highest BCUT2D eigenvalue weighted by atomic mass is 15.8. The van der Waals surface area contributed by atoms with E-state index < -0.39 is 0 Å². The number of hydrogen-bond acceptors (Lipinski definition) is 3. The van der Waals surface area contributed by atoms with Gasteiger partial charge in [-0.25, -0.2) is 0 Å². The smallest absolute Gasteiger partial charge is 0.135 e. The Morgan fingerprint density at radius 1 is 0.739 bits per heavy atom. The Labute approximate surface area is 139 Å². The van der Waals surface area contributed by atoms with Gasteiger partial charge >= 0.3 is 0 Å². The van der Waals surface area contributed by atoms with Crippen LogP contribution in [0.15, 0.2) is 24.3 Å². The van der Waals surface area contributed by atoms with Crippen LogP contribution in [0, 0.1) is 48.1 Å². The van der Waals surface area contributed by atoms with Crippen LogP contribution in [0.2, 0.25) is 0 Å². The van der Waals surface area contributed by atoms with Crippen LogP contribution >= 0.6 is 0 Å². The predicted molar refractivity (Wildman–Crippen MR) is 97.5 cm³/mol. The fourth-order valence-corrected chi connectivity index (χ4v) is 3.71. The average molecular weight is 307 g/mol. The fraction of sp³-hybridized carbons (Fsp3) is 0.350. The van der Waals surface area contributed by atoms with Gasteiger partial charge in [-0.1, -0.05) is 35.4 Å². The van der Waals surface area contributed by atoms with Crippen molar-refractivity contribution < 1.29 is 0 Å². The number of rotatable bonds is 2. The molecule has 2 aromatic rings. The van der Waals surface area contributed by atoms with Gasteiger partial charge in [0.25, 0.3) is 0 Å². The molecule has 3 rings (SSSR count). The quantitative estimate of drug-likeness (QED) is 0.891. The third-order valence-corrected chi connectivity index (χ3v) is 4.37. The average Bonchev–Trinajstić information content (AvgIpc) is 2.85. The van der Waals surface area contributed by atoms with Crippen molar-refractivity contribution in [2.45, 2.75) is 41.5 Å². The summed E-state index contributed by atoms with van der Waals surface area (Å²) in [6, 6.07) is 8.90. The number of hydrazine groups is 2. The van der Waals surface area contributed by atoms with Crippen LogP contribution in [-0.4, -0.2) is 6.54 Å². The number of benzene rings is 2. The Morgan fingerprint density at radius 2 is 1.17 bits per heavy atom. The van der Waals surface area contributed by atoms with E-state index in [4.69, 9.17) is 0 Å². The van der Waals surface area contributed by atoms with Crippen molar-refractivity contribution in [2.75, 3.05) is 16.6 Å². The van der Waals surface area contributed by atoms with Gasteiger partial charge in [0.2, 0.25) is 0 Å². The number of hydrogen-bond donors (Lipinski definition) is 1. The van der Waals surface area contributed by atoms with Gasteiger partial charge in [-0.3, -0.25) is 10.0 Å². The van der Waals surface area contributed by atoms with Crippen molar-refractivity contribution in [1.82, 2.24) is 5.53 Å². The lowest BCUT2D eigenvalue weighted by Gasteiger charge is -2.27. The molecule has 0 aliphatic carbocycles. The molecule has 0 atom stereocenters. The molecule has 2 radical (unpaired) electrons. The summed E-state index contributed by atoms with van der Waals surface area (Å²) in [7, 11) is 0. The molecule has 2 aromatic carbocycles. The van der Waals surface area contributed by atoms with Crippen LogP contribution in [0.3, 0.4) is 0 Å². The fourth-order valence-electron chi connectivity index (χ4n) is 3.71. The predicted octanol–water partition coefficient (Wildman–Crippen LogP) is 4.32. The molecule has 1 N–H and O–H groups in total. The van der Waals surface area contributed by atoms with E-state index in [-0.39, 0.29) is 0 Å². The molecule has 1 fully saturated rings. The van der Waals surface area contributed by atoms with Gasteiger partial charge in [0.05, 0.1) is 17.9 Å². The van der Waals surface area contributed by atoms with E-state index in [0.717, 1.165) is 6.54 Å². The maximum atomic E-state index is 3.48. The zero-order chi connectivity index (χ0) is 16.7. The third kappa shape index (κ3) is 2.93. The van der Waals surface area contributed by atoms with Crippen molar-refractivity contribution in [3.05, 3.63) is 64.2 Å². The van der Waals surface area contributed by atoms with E-state index in [1.807, 2.05) is 5.01 Å². The van der Waals surface area contributed by atoms with Gasteiger partial charge in [0.15, 0.2) is 0 Å². The molecule has 1 heterocycles. The highest BCUT2D eigenvalue weighted by Crippen LogP contribution is 2.31. The van der Waals surface area contributed by atoms with Gasteiger partial charge < -0.3 is 0 Å². The second-order valence-corrected chi connectivity index (χ2v) is 6.67. The van der Waals surface area contributed by atoms with Crippen LogP contribution in [-0.2, 0) is 0 Å². The van der Waals surface area contributed by atoms with E-state index in [0.29, 0.717) is 0 Å². The number of aryl methyl sites for hydroxylation is 6. The summed E-state index contributed by atoms with van der Waals surface area (Å²) in [6.07, 6.45) is 0. The van der Waals surface area contributed by atoms with E-state index in [9.17, 15) is 0 Å². The Morgan fingerprint density at radius 3 is 1.65 bits per heavy atom. The number of nitrogens with zero attached hydrogens (tertiary/aromatic N) is 2. The second-order valence-electron chi connectivity index (χ2n) is 6.67. The maximum Gasteiger partial charge on any atom is 0.135 e. The number of nitrogens with one attached hydrogen (secondary N) is 1. The summed E-state index contributed by atoms with van der Waals surface area (Å²) < 4.78 is 0. The molecule has 1 aliphatic rings. The Balaban J connectivity index is 1.91. The molecule has 120 valence electrons. The molecule has 1 aliphatic heterocycles. The van der Waals surface area contributed by atoms with Crippen LogP contribution in [0.1, 0.15) is 33.4 Å². The third-order valence-electron chi connectivity index (χ3n) is 4.37. The Hall–Kier alpha value is -2.00. The van der Waals surface area contributed by atoms with Crippen molar-refractivity contribution in [3.8, 4) is 0 Å². The minimum atomic E-state index is 0.734. The summed E-state index contributed by atoms with van der Waals surface area (Å²) in [5.41, 5.74) is 13.6. The first-order valence-electron chi connectivity index (χ1n) is 8.10. The van der Waals surface area contributed by atoms with E-state index in [1.165, 1.54) is 44.8 Å². The minimum absolute atomic E-state index is 0.734. The van der Waals surface area contributed by atoms with Gasteiger partial charge in [-0.2, -0.15) is 0 Å². The van der Waals surface area contributed by atoms with Crippen molar-refractivity contribution >= 4 is 11.4 Å². The minimum Gasteiger partial charge on any atom is -0.288 e. The van der Waals surface area contributed by atoms with Crippen molar-refractivity contribution in [2.24, 2.45) is 0 Å². The first kappa shape index (κ1) is 15.9. The van der Waals surface area contributed by atoms with Crippen LogP contribution in [0.25, 0.3) is 0 Å². The zero-order valence-corrected chi connectivity index (χ0v) is 14.9. The van der Waals surface area contributed by atoms with Crippen molar-refractivity contribution in [3.63, 3.8) is 0 Å². The van der Waals surface area contributed by atoms with E-state index >= 15 is 0 Å². The largest absolute Gasteiger partial charge is 0.288 e. The topological polar surface area (TPSA) is 18.5 Å². The zero-order valence-electron chi connectivity index (χ0n) is 14.9. The summed E-state index contributed by atoms with van der Waals surface area (Å²) >= 11 is 0. The van der Waals surface area contributed by atoms with E-state index in [2.05, 4.69) is 82.9 Å². The molecule has 0 unspecified atom stereocenters. The van der Waals surface area contributed by atoms with Gasteiger partial charge in [-0.05, 0) is 63.8 Å². The summed E-state index contributed by atoms with van der Waals surface area (Å²) in [5.74, 6) is 0. The molecule has 0 aromatic heterocycles. The first-order chi connectivity index (χ1) is 10.9. The molecule has 3 heteroatoms. The lowest BCUT2D eigenvalue weighted by molar-refractivity contribution is 0.734. The normalized spacial score (nSPS) is 14.7. The second kappa shape index (κ2) is 5.89. The highest BCUT2D eigenvalue weighted by molar-refractivity contribution is 5.65. The SMILES string of the molecule is Cc1cc(C)c(N2[C]CN(c3c(C)cc(C)cc3C)N2)c(C)c1. The molecule has 0 amide bonds. The summed E-state index contributed by atoms with van der Waals surface area (Å²) in [4.78, 5) is 0. The monoisotopic (exact) mass is 307 g/mol. The van der Waals surface area contributed by atoms with Crippen LogP contribution < -0.4 is 15.6 Å².